The zero-order valence-electron chi connectivity index (χ0n) is 18.1. The van der Waals surface area contributed by atoms with Gasteiger partial charge in [-0.25, -0.2) is 9.98 Å². The fourth-order valence-corrected chi connectivity index (χ4v) is 4.29. The van der Waals surface area contributed by atoms with Crippen LogP contribution in [0, 0.1) is 0 Å². The fourth-order valence-electron chi connectivity index (χ4n) is 3.34. The second kappa shape index (κ2) is 10.2. The SMILES string of the molecule is CCNC(=NCc1nc(C(C)(C)C)cs1)NC1CCN(Cc2ccccn2)CC1. The van der Waals surface area contributed by atoms with Gasteiger partial charge in [0.2, 0.25) is 0 Å². The third kappa shape index (κ3) is 6.78. The van der Waals surface area contributed by atoms with Gasteiger partial charge in [0, 0.05) is 49.2 Å². The second-order valence-electron chi connectivity index (χ2n) is 8.59. The molecule has 1 saturated heterocycles. The van der Waals surface area contributed by atoms with E-state index in [-0.39, 0.29) is 5.41 Å². The number of rotatable bonds is 6. The van der Waals surface area contributed by atoms with Crippen molar-refractivity contribution in [3.05, 3.63) is 46.2 Å². The number of aliphatic imine (C=N–C) groups is 1. The van der Waals surface area contributed by atoms with E-state index in [1.165, 1.54) is 0 Å². The van der Waals surface area contributed by atoms with E-state index in [9.17, 15) is 0 Å². The Bertz CT molecular complexity index is 772. The lowest BCUT2D eigenvalue weighted by molar-refractivity contribution is 0.196. The molecular weight excluding hydrogens is 380 g/mol. The van der Waals surface area contributed by atoms with Crippen molar-refractivity contribution in [3.63, 3.8) is 0 Å². The van der Waals surface area contributed by atoms with Crippen molar-refractivity contribution >= 4 is 17.3 Å². The summed E-state index contributed by atoms with van der Waals surface area (Å²) in [5, 5.41) is 10.2. The minimum absolute atomic E-state index is 0.0878. The highest BCUT2D eigenvalue weighted by Gasteiger charge is 2.21. The molecule has 6 nitrogen and oxygen atoms in total. The van der Waals surface area contributed by atoms with Crippen molar-refractivity contribution in [1.29, 1.82) is 0 Å². The molecular formula is C22H34N6S. The summed E-state index contributed by atoms with van der Waals surface area (Å²) in [6, 6.07) is 6.58. The van der Waals surface area contributed by atoms with Crippen molar-refractivity contribution in [2.24, 2.45) is 4.99 Å². The summed E-state index contributed by atoms with van der Waals surface area (Å²) < 4.78 is 0. The Morgan fingerprint density at radius 2 is 2.07 bits per heavy atom. The van der Waals surface area contributed by atoms with Gasteiger partial charge < -0.3 is 10.6 Å². The predicted molar refractivity (Wildman–Crippen MR) is 121 cm³/mol. The van der Waals surface area contributed by atoms with Gasteiger partial charge in [-0.3, -0.25) is 9.88 Å². The Kier molecular flexibility index (Phi) is 7.61. The Morgan fingerprint density at radius 1 is 1.28 bits per heavy atom. The van der Waals surface area contributed by atoms with Gasteiger partial charge in [0.25, 0.3) is 0 Å². The molecule has 0 radical (unpaired) electrons. The molecule has 1 fully saturated rings. The highest BCUT2D eigenvalue weighted by Crippen LogP contribution is 2.24. The zero-order valence-corrected chi connectivity index (χ0v) is 18.9. The first kappa shape index (κ1) is 21.7. The second-order valence-corrected chi connectivity index (χ2v) is 9.53. The van der Waals surface area contributed by atoms with Gasteiger partial charge in [0.15, 0.2) is 5.96 Å². The Hall–Kier alpha value is -1.99. The Labute approximate surface area is 178 Å². The number of guanidine groups is 1. The molecule has 2 aromatic rings. The Morgan fingerprint density at radius 3 is 2.69 bits per heavy atom. The molecule has 0 spiro atoms. The van der Waals surface area contributed by atoms with Crippen LogP contribution in [0.2, 0.25) is 0 Å². The number of hydrogen-bond donors (Lipinski definition) is 2. The van der Waals surface area contributed by atoms with E-state index in [0.29, 0.717) is 12.6 Å². The molecule has 158 valence electrons. The summed E-state index contributed by atoms with van der Waals surface area (Å²) in [6.07, 6.45) is 4.10. The van der Waals surface area contributed by atoms with Gasteiger partial charge in [-0.05, 0) is 31.9 Å². The highest BCUT2D eigenvalue weighted by atomic mass is 32.1. The minimum Gasteiger partial charge on any atom is -0.357 e. The van der Waals surface area contributed by atoms with Crippen LogP contribution in [0.25, 0.3) is 0 Å². The normalized spacial score (nSPS) is 16.8. The summed E-state index contributed by atoms with van der Waals surface area (Å²) in [5.74, 6) is 0.892. The van der Waals surface area contributed by atoms with E-state index in [2.05, 4.69) is 65.7 Å². The molecule has 0 unspecified atom stereocenters. The standard InChI is InChI=1S/C22H34N6S/c1-5-23-21(25-14-20-27-19(16-29-20)22(2,3)4)26-17-9-12-28(13-10-17)15-18-8-6-7-11-24-18/h6-8,11,16-17H,5,9-10,12-15H2,1-4H3,(H2,23,25,26). The monoisotopic (exact) mass is 414 g/mol. The predicted octanol–water partition coefficient (Wildman–Crippen LogP) is 3.56. The molecule has 1 aliphatic heterocycles. The maximum Gasteiger partial charge on any atom is 0.191 e. The molecule has 7 heteroatoms. The molecule has 1 aliphatic rings. The van der Waals surface area contributed by atoms with Crippen molar-refractivity contribution in [3.8, 4) is 0 Å². The molecule has 29 heavy (non-hydrogen) atoms. The van der Waals surface area contributed by atoms with E-state index in [1.54, 1.807) is 11.3 Å². The fraction of sp³-hybridized carbons (Fsp3) is 0.591. The van der Waals surface area contributed by atoms with Crippen LogP contribution in [0.4, 0.5) is 0 Å². The number of pyridine rings is 1. The van der Waals surface area contributed by atoms with Crippen LogP contribution in [0.3, 0.4) is 0 Å². The van der Waals surface area contributed by atoms with Crippen LogP contribution in [-0.4, -0.2) is 46.5 Å². The molecule has 0 saturated carbocycles. The van der Waals surface area contributed by atoms with E-state index in [4.69, 9.17) is 9.98 Å². The molecule has 0 aromatic carbocycles. The molecule has 2 N–H and O–H groups in total. The van der Waals surface area contributed by atoms with Gasteiger partial charge in [-0.15, -0.1) is 11.3 Å². The number of likely N-dealkylation sites (tertiary alicyclic amines) is 1. The van der Waals surface area contributed by atoms with Crippen LogP contribution in [-0.2, 0) is 18.5 Å². The quantitative estimate of drug-likeness (QED) is 0.559. The van der Waals surface area contributed by atoms with Gasteiger partial charge in [0.1, 0.15) is 5.01 Å². The summed E-state index contributed by atoms with van der Waals surface area (Å²) in [6.45, 7) is 13.3. The molecule has 3 rings (SSSR count). The first-order valence-electron chi connectivity index (χ1n) is 10.6. The number of nitrogens with zero attached hydrogens (tertiary/aromatic N) is 4. The van der Waals surface area contributed by atoms with Crippen molar-refractivity contribution < 1.29 is 0 Å². The van der Waals surface area contributed by atoms with Crippen molar-refractivity contribution in [1.82, 2.24) is 25.5 Å². The molecule has 0 bridgehead atoms. The van der Waals surface area contributed by atoms with Crippen LogP contribution < -0.4 is 10.6 Å². The number of aromatic nitrogens is 2. The summed E-state index contributed by atoms with van der Waals surface area (Å²) in [4.78, 5) is 16.5. The van der Waals surface area contributed by atoms with Crippen molar-refractivity contribution in [2.75, 3.05) is 19.6 Å². The smallest absolute Gasteiger partial charge is 0.191 e. The van der Waals surface area contributed by atoms with Crippen molar-refractivity contribution in [2.45, 2.75) is 65.1 Å². The maximum absolute atomic E-state index is 4.78. The highest BCUT2D eigenvalue weighted by molar-refractivity contribution is 7.09. The number of piperidine rings is 1. The topological polar surface area (TPSA) is 65.4 Å². The van der Waals surface area contributed by atoms with Gasteiger partial charge in [-0.1, -0.05) is 26.8 Å². The van der Waals surface area contributed by atoms with Crippen LogP contribution in [0.15, 0.2) is 34.8 Å². The maximum atomic E-state index is 4.78. The summed E-state index contributed by atoms with van der Waals surface area (Å²) in [5.41, 5.74) is 2.38. The zero-order chi connectivity index (χ0) is 20.7. The number of hydrogen-bond acceptors (Lipinski definition) is 5. The van der Waals surface area contributed by atoms with Crippen LogP contribution >= 0.6 is 11.3 Å². The first-order chi connectivity index (χ1) is 13.9. The lowest BCUT2D eigenvalue weighted by atomic mass is 9.93. The third-order valence-electron chi connectivity index (χ3n) is 5.08. The Balaban J connectivity index is 1.50. The molecule has 0 atom stereocenters. The summed E-state index contributed by atoms with van der Waals surface area (Å²) >= 11 is 1.70. The van der Waals surface area contributed by atoms with E-state index < -0.39 is 0 Å². The first-order valence-corrected chi connectivity index (χ1v) is 11.4. The van der Waals surface area contributed by atoms with E-state index >= 15 is 0 Å². The molecule has 2 aromatic heterocycles. The lowest BCUT2D eigenvalue weighted by Gasteiger charge is -2.32. The average molecular weight is 415 g/mol. The number of nitrogens with one attached hydrogen (secondary N) is 2. The van der Waals surface area contributed by atoms with Crippen LogP contribution in [0.5, 0.6) is 0 Å². The molecule has 0 aliphatic carbocycles. The average Bonchev–Trinajstić information content (AvgIpc) is 3.18. The lowest BCUT2D eigenvalue weighted by Crippen LogP contribution is -2.48. The van der Waals surface area contributed by atoms with E-state index in [0.717, 1.165) is 61.4 Å². The molecule has 0 amide bonds. The third-order valence-corrected chi connectivity index (χ3v) is 5.91. The number of thiazole rings is 1. The minimum atomic E-state index is 0.0878. The van der Waals surface area contributed by atoms with Gasteiger partial charge in [-0.2, -0.15) is 0 Å². The van der Waals surface area contributed by atoms with Gasteiger partial charge >= 0.3 is 0 Å². The molecule has 3 heterocycles. The largest absolute Gasteiger partial charge is 0.357 e. The van der Waals surface area contributed by atoms with Gasteiger partial charge in [0.05, 0.1) is 17.9 Å². The van der Waals surface area contributed by atoms with Crippen LogP contribution in [0.1, 0.15) is 56.9 Å². The summed E-state index contributed by atoms with van der Waals surface area (Å²) in [7, 11) is 0. The van der Waals surface area contributed by atoms with E-state index in [1.807, 2.05) is 12.3 Å².